The molecule has 52 heavy (non-hydrogen) atoms. The Hall–Kier alpha value is -6.35. The maximum Gasteiger partial charge on any atom is 0.0788 e. The van der Waals surface area contributed by atoms with Crippen molar-refractivity contribution < 1.29 is 0 Å². The molecule has 0 fully saturated rings. The minimum atomic E-state index is -0.350. The van der Waals surface area contributed by atoms with Crippen molar-refractivity contribution in [2.24, 2.45) is 0 Å². The van der Waals surface area contributed by atoms with E-state index in [1.54, 1.807) is 0 Å². The third-order valence-electron chi connectivity index (χ3n) is 11.7. The zero-order chi connectivity index (χ0) is 34.0. The van der Waals surface area contributed by atoms with Gasteiger partial charge in [-0.3, -0.25) is 0 Å². The van der Waals surface area contributed by atoms with E-state index in [0.717, 1.165) is 16.8 Å². The molecule has 0 aliphatic heterocycles. The highest BCUT2D eigenvalue weighted by molar-refractivity contribution is 7.26. The summed E-state index contributed by atoms with van der Waals surface area (Å²) in [4.78, 5) is 5.36. The van der Waals surface area contributed by atoms with E-state index in [-0.39, 0.29) is 5.41 Å². The van der Waals surface area contributed by atoms with Crippen molar-refractivity contribution in [3.05, 3.63) is 198 Å². The lowest BCUT2D eigenvalue weighted by molar-refractivity contribution is 0.794. The van der Waals surface area contributed by atoms with E-state index >= 15 is 0 Å². The standard InChI is InChI=1S/C50H29NS/c1-2-14-30(15-3-1)48-39-29-37(49-47(36-20-8-13-25-45(36)52-49)46(39)35-19-7-12-24-44(35)51-48)31-26-27-43-38(28-31)34-18-6-11-23-42(34)50(43)40-21-9-4-16-32(40)33-17-5-10-22-41(33)50/h1-29H. The van der Waals surface area contributed by atoms with Gasteiger partial charge in [0.25, 0.3) is 0 Å². The SMILES string of the molecule is c1ccc(-c2nc3ccccc3c3c2cc(-c2ccc4c(c2)-c2ccccc2C42c4ccccc4-c4ccccc42)c2sc4ccccc4c23)cc1. The van der Waals surface area contributed by atoms with Gasteiger partial charge in [0.2, 0.25) is 0 Å². The molecule has 0 atom stereocenters. The number of hydrogen-bond acceptors (Lipinski definition) is 2. The van der Waals surface area contributed by atoms with Crippen molar-refractivity contribution in [2.75, 3.05) is 0 Å². The zero-order valence-electron chi connectivity index (χ0n) is 28.1. The van der Waals surface area contributed by atoms with Crippen molar-refractivity contribution in [2.45, 2.75) is 5.41 Å². The van der Waals surface area contributed by atoms with Crippen LogP contribution in [0.25, 0.3) is 86.5 Å². The Balaban J connectivity index is 1.21. The van der Waals surface area contributed by atoms with Gasteiger partial charge in [0.05, 0.1) is 16.6 Å². The molecule has 0 radical (unpaired) electrons. The number of nitrogens with zero attached hydrogens (tertiary/aromatic N) is 1. The summed E-state index contributed by atoms with van der Waals surface area (Å²) in [7, 11) is 0. The molecule has 240 valence electrons. The highest BCUT2D eigenvalue weighted by Gasteiger charge is 2.51. The van der Waals surface area contributed by atoms with Crippen LogP contribution in [0.1, 0.15) is 22.3 Å². The van der Waals surface area contributed by atoms with Gasteiger partial charge in [-0.1, -0.05) is 152 Å². The molecule has 12 rings (SSSR count). The van der Waals surface area contributed by atoms with Gasteiger partial charge in [-0.2, -0.15) is 0 Å². The number of pyridine rings is 1. The van der Waals surface area contributed by atoms with Crippen LogP contribution in [0.3, 0.4) is 0 Å². The molecule has 2 aliphatic rings. The summed E-state index contributed by atoms with van der Waals surface area (Å²) in [5, 5.41) is 6.28. The van der Waals surface area contributed by atoms with Crippen LogP contribution in [0.2, 0.25) is 0 Å². The minimum Gasteiger partial charge on any atom is -0.247 e. The Bertz CT molecular complexity index is 3090. The normalized spacial score (nSPS) is 13.5. The highest BCUT2D eigenvalue weighted by atomic mass is 32.1. The molecule has 0 bridgehead atoms. The Morgan fingerprint density at radius 2 is 0.962 bits per heavy atom. The summed E-state index contributed by atoms with van der Waals surface area (Å²) in [6, 6.07) is 65.1. The van der Waals surface area contributed by atoms with Gasteiger partial charge in [0, 0.05) is 47.5 Å². The quantitative estimate of drug-likeness (QED) is 0.166. The lowest BCUT2D eigenvalue weighted by Gasteiger charge is -2.30. The summed E-state index contributed by atoms with van der Waals surface area (Å²) in [6.45, 7) is 0. The van der Waals surface area contributed by atoms with Crippen molar-refractivity contribution >= 4 is 53.2 Å². The van der Waals surface area contributed by atoms with Crippen LogP contribution in [0.4, 0.5) is 0 Å². The molecule has 0 saturated heterocycles. The fourth-order valence-corrected chi connectivity index (χ4v) is 10.9. The lowest BCUT2D eigenvalue weighted by Crippen LogP contribution is -2.25. The molecular weight excluding hydrogens is 647 g/mol. The maximum atomic E-state index is 5.36. The number of thiophene rings is 1. The number of rotatable bonds is 2. The second kappa shape index (κ2) is 10.4. The monoisotopic (exact) mass is 675 g/mol. The van der Waals surface area contributed by atoms with Crippen LogP contribution < -0.4 is 0 Å². The van der Waals surface area contributed by atoms with E-state index in [0.29, 0.717) is 0 Å². The molecule has 2 aliphatic carbocycles. The highest BCUT2D eigenvalue weighted by Crippen LogP contribution is 2.63. The summed E-state index contributed by atoms with van der Waals surface area (Å²) in [5.41, 5.74) is 16.1. The Morgan fingerprint density at radius 3 is 1.69 bits per heavy atom. The van der Waals surface area contributed by atoms with Gasteiger partial charge in [0.1, 0.15) is 0 Å². The molecule has 0 N–H and O–H groups in total. The number of benzene rings is 8. The molecule has 8 aromatic carbocycles. The van der Waals surface area contributed by atoms with E-state index in [1.165, 1.54) is 92.0 Å². The van der Waals surface area contributed by atoms with Crippen molar-refractivity contribution in [3.63, 3.8) is 0 Å². The van der Waals surface area contributed by atoms with Gasteiger partial charge in [-0.15, -0.1) is 11.3 Å². The minimum absolute atomic E-state index is 0.350. The third kappa shape index (κ3) is 3.55. The van der Waals surface area contributed by atoms with E-state index in [9.17, 15) is 0 Å². The topological polar surface area (TPSA) is 12.9 Å². The molecule has 0 saturated carbocycles. The molecule has 10 aromatic rings. The first kappa shape index (κ1) is 28.4. The van der Waals surface area contributed by atoms with Crippen LogP contribution in [0.5, 0.6) is 0 Å². The molecule has 1 spiro atoms. The predicted octanol–water partition coefficient (Wildman–Crippen LogP) is 13.4. The number of aromatic nitrogens is 1. The van der Waals surface area contributed by atoms with E-state index in [4.69, 9.17) is 4.98 Å². The molecule has 0 unspecified atom stereocenters. The third-order valence-corrected chi connectivity index (χ3v) is 12.9. The van der Waals surface area contributed by atoms with Crippen molar-refractivity contribution in [1.29, 1.82) is 0 Å². The number of para-hydroxylation sites is 1. The first-order valence-corrected chi connectivity index (χ1v) is 18.8. The largest absolute Gasteiger partial charge is 0.247 e. The molecule has 2 aromatic heterocycles. The maximum absolute atomic E-state index is 5.36. The van der Waals surface area contributed by atoms with Gasteiger partial charge >= 0.3 is 0 Å². The first-order valence-electron chi connectivity index (χ1n) is 18.0. The van der Waals surface area contributed by atoms with Crippen LogP contribution in [-0.2, 0) is 5.41 Å². The summed E-state index contributed by atoms with van der Waals surface area (Å²) < 4.78 is 2.62. The van der Waals surface area contributed by atoms with Gasteiger partial charge < -0.3 is 0 Å². The van der Waals surface area contributed by atoms with Crippen LogP contribution in [-0.4, -0.2) is 4.98 Å². The molecule has 2 heterocycles. The average Bonchev–Trinajstić information content (AvgIpc) is 3.85. The van der Waals surface area contributed by atoms with E-state index < -0.39 is 0 Å². The molecule has 2 heteroatoms. The fourth-order valence-electron chi connectivity index (χ4n) is 9.63. The fraction of sp³-hybridized carbons (Fsp3) is 0.0200. The smallest absolute Gasteiger partial charge is 0.0788 e. The molecular formula is C50H29NS. The van der Waals surface area contributed by atoms with E-state index in [1.807, 2.05) is 11.3 Å². The Kier molecular flexibility index (Phi) is 5.65. The van der Waals surface area contributed by atoms with Crippen LogP contribution in [0.15, 0.2) is 176 Å². The number of hydrogen-bond donors (Lipinski definition) is 0. The predicted molar refractivity (Wildman–Crippen MR) is 219 cm³/mol. The number of fused-ring (bicyclic) bond motifs is 17. The Morgan fingerprint density at radius 1 is 0.385 bits per heavy atom. The Labute approximate surface area is 305 Å². The second-order valence-electron chi connectivity index (χ2n) is 14.1. The summed E-state index contributed by atoms with van der Waals surface area (Å²) in [5.74, 6) is 0. The second-order valence-corrected chi connectivity index (χ2v) is 15.2. The zero-order valence-corrected chi connectivity index (χ0v) is 28.9. The van der Waals surface area contributed by atoms with E-state index in [2.05, 4.69) is 176 Å². The average molecular weight is 676 g/mol. The lowest BCUT2D eigenvalue weighted by atomic mass is 9.70. The van der Waals surface area contributed by atoms with Crippen LogP contribution in [0, 0.1) is 0 Å². The van der Waals surface area contributed by atoms with Crippen molar-refractivity contribution in [1.82, 2.24) is 4.98 Å². The summed E-state index contributed by atoms with van der Waals surface area (Å²) >= 11 is 1.91. The van der Waals surface area contributed by atoms with Gasteiger partial charge in [0.15, 0.2) is 0 Å². The molecule has 0 amide bonds. The first-order chi connectivity index (χ1) is 25.8. The van der Waals surface area contributed by atoms with Gasteiger partial charge in [-0.25, -0.2) is 4.98 Å². The van der Waals surface area contributed by atoms with Crippen LogP contribution >= 0.6 is 11.3 Å². The van der Waals surface area contributed by atoms with Gasteiger partial charge in [-0.05, 0) is 74.3 Å². The van der Waals surface area contributed by atoms with Crippen molar-refractivity contribution in [3.8, 4) is 44.6 Å². The molecule has 1 nitrogen and oxygen atoms in total. The summed E-state index contributed by atoms with van der Waals surface area (Å²) in [6.07, 6.45) is 0.